The van der Waals surface area contributed by atoms with Crippen LogP contribution in [0.2, 0.25) is 5.02 Å². The van der Waals surface area contributed by atoms with Gasteiger partial charge in [0.05, 0.1) is 11.0 Å². The lowest BCUT2D eigenvalue weighted by molar-refractivity contribution is -0.384. The molecule has 1 aliphatic carbocycles. The van der Waals surface area contributed by atoms with Crippen molar-refractivity contribution in [1.82, 2.24) is 5.32 Å². The predicted octanol–water partition coefficient (Wildman–Crippen LogP) is 2.55. The topological polar surface area (TPSA) is 81.5 Å². The minimum atomic E-state index is -0.604. The minimum Gasteiger partial charge on any atom is -0.378 e. The Balaban J connectivity index is 1.97. The number of nitrogens with one attached hydrogen (secondary N) is 1. The van der Waals surface area contributed by atoms with Crippen LogP contribution in [0.3, 0.4) is 0 Å². The first-order valence-electron chi connectivity index (χ1n) is 6.37. The van der Waals surface area contributed by atoms with E-state index in [0.717, 1.165) is 12.8 Å². The summed E-state index contributed by atoms with van der Waals surface area (Å²) >= 11 is 5.70. The van der Waals surface area contributed by atoms with Crippen molar-refractivity contribution in [3.63, 3.8) is 0 Å². The number of hydrogen-bond donors (Lipinski definition) is 1. The van der Waals surface area contributed by atoms with E-state index in [-0.39, 0.29) is 34.3 Å². The molecule has 0 aromatic heterocycles. The first-order chi connectivity index (χ1) is 9.51. The summed E-state index contributed by atoms with van der Waals surface area (Å²) in [6.07, 6.45) is 1.75. The van der Waals surface area contributed by atoms with Crippen molar-refractivity contribution in [1.29, 1.82) is 0 Å². The lowest BCUT2D eigenvalue weighted by atomic mass is 9.89. The zero-order valence-corrected chi connectivity index (χ0v) is 11.7. The van der Waals surface area contributed by atoms with Crippen molar-refractivity contribution in [2.45, 2.75) is 31.9 Å². The molecule has 1 fully saturated rings. The van der Waals surface area contributed by atoms with Gasteiger partial charge in [0, 0.05) is 24.3 Å². The molecule has 1 aliphatic rings. The van der Waals surface area contributed by atoms with Crippen LogP contribution in [0.4, 0.5) is 5.69 Å². The fourth-order valence-corrected chi connectivity index (χ4v) is 2.30. The van der Waals surface area contributed by atoms with E-state index in [1.807, 2.05) is 6.92 Å². The van der Waals surface area contributed by atoms with Crippen LogP contribution in [0.5, 0.6) is 0 Å². The maximum absolute atomic E-state index is 12.0. The molecule has 0 unspecified atom stereocenters. The number of amides is 1. The second kappa shape index (κ2) is 6.19. The molecule has 0 aliphatic heterocycles. The van der Waals surface area contributed by atoms with E-state index in [9.17, 15) is 14.9 Å². The highest BCUT2D eigenvalue weighted by atomic mass is 35.5. The van der Waals surface area contributed by atoms with E-state index in [2.05, 4.69) is 5.32 Å². The van der Waals surface area contributed by atoms with Crippen molar-refractivity contribution in [2.24, 2.45) is 0 Å². The number of rotatable bonds is 5. The Morgan fingerprint density at radius 3 is 2.85 bits per heavy atom. The van der Waals surface area contributed by atoms with Gasteiger partial charge in [-0.15, -0.1) is 0 Å². The number of hydrogen-bond acceptors (Lipinski definition) is 4. The zero-order valence-electron chi connectivity index (χ0n) is 11.0. The molecule has 2 rings (SSSR count). The van der Waals surface area contributed by atoms with Crippen molar-refractivity contribution < 1.29 is 14.5 Å². The summed E-state index contributed by atoms with van der Waals surface area (Å²) in [5, 5.41) is 13.6. The summed E-state index contributed by atoms with van der Waals surface area (Å²) in [5.41, 5.74) is -0.0268. The zero-order chi connectivity index (χ0) is 14.7. The monoisotopic (exact) mass is 298 g/mol. The van der Waals surface area contributed by atoms with E-state index < -0.39 is 4.92 Å². The molecule has 108 valence electrons. The predicted molar refractivity (Wildman–Crippen MR) is 74.0 cm³/mol. The van der Waals surface area contributed by atoms with E-state index in [4.69, 9.17) is 16.3 Å². The van der Waals surface area contributed by atoms with Gasteiger partial charge in [-0.1, -0.05) is 11.6 Å². The molecule has 6 nitrogen and oxygen atoms in total. The molecule has 0 heterocycles. The lowest BCUT2D eigenvalue weighted by Gasteiger charge is -2.35. The number of carbonyl (C=O) groups excluding carboxylic acids is 1. The molecule has 1 amide bonds. The van der Waals surface area contributed by atoms with Gasteiger partial charge < -0.3 is 10.1 Å². The third-order valence-corrected chi connectivity index (χ3v) is 3.56. The van der Waals surface area contributed by atoms with E-state index in [1.165, 1.54) is 18.2 Å². The number of ether oxygens (including phenoxy) is 1. The van der Waals surface area contributed by atoms with Crippen LogP contribution in [0.15, 0.2) is 18.2 Å². The number of nitro groups is 1. The van der Waals surface area contributed by atoms with Crippen molar-refractivity contribution in [3.8, 4) is 0 Å². The minimum absolute atomic E-state index is 0.0200. The third kappa shape index (κ3) is 3.26. The highest BCUT2D eigenvalue weighted by Crippen LogP contribution is 2.26. The number of benzene rings is 1. The number of nitro benzene ring substituents is 1. The molecule has 1 saturated carbocycles. The van der Waals surface area contributed by atoms with Gasteiger partial charge in [0.2, 0.25) is 0 Å². The Morgan fingerprint density at radius 1 is 1.55 bits per heavy atom. The maximum Gasteiger partial charge on any atom is 0.288 e. The van der Waals surface area contributed by atoms with Gasteiger partial charge in [0.25, 0.3) is 11.6 Å². The molecule has 1 N–H and O–H groups in total. The van der Waals surface area contributed by atoms with Gasteiger partial charge in [-0.05, 0) is 31.9 Å². The van der Waals surface area contributed by atoms with Gasteiger partial charge in [0.1, 0.15) is 5.02 Å². The van der Waals surface area contributed by atoms with Gasteiger partial charge in [-0.3, -0.25) is 14.9 Å². The Hall–Kier alpha value is -1.66. The SMILES string of the molecule is CCOC1CC(NC(=O)c2ccc(Cl)c([N+](=O)[O-])c2)C1. The lowest BCUT2D eigenvalue weighted by Crippen LogP contribution is -2.47. The van der Waals surface area contributed by atoms with Gasteiger partial charge in [-0.25, -0.2) is 0 Å². The van der Waals surface area contributed by atoms with E-state index in [0.29, 0.717) is 6.61 Å². The number of carbonyl (C=O) groups is 1. The summed E-state index contributed by atoms with van der Waals surface area (Å²) in [7, 11) is 0. The normalized spacial score (nSPS) is 21.1. The van der Waals surface area contributed by atoms with Crippen LogP contribution in [0.1, 0.15) is 30.1 Å². The summed E-state index contributed by atoms with van der Waals surface area (Å²) in [6, 6.07) is 4.09. The summed E-state index contributed by atoms with van der Waals surface area (Å²) in [4.78, 5) is 22.2. The maximum atomic E-state index is 12.0. The Morgan fingerprint density at radius 2 is 2.25 bits per heavy atom. The van der Waals surface area contributed by atoms with Crippen molar-refractivity contribution in [2.75, 3.05) is 6.61 Å². The molecule has 20 heavy (non-hydrogen) atoms. The molecule has 1 aromatic rings. The van der Waals surface area contributed by atoms with Gasteiger partial charge >= 0.3 is 0 Å². The molecular formula is C13H15ClN2O4. The average Bonchev–Trinajstić information content (AvgIpc) is 2.36. The first kappa shape index (κ1) is 14.7. The number of halogens is 1. The van der Waals surface area contributed by atoms with Crippen LogP contribution >= 0.6 is 11.6 Å². The van der Waals surface area contributed by atoms with Gasteiger partial charge in [0.15, 0.2) is 0 Å². The van der Waals surface area contributed by atoms with Crippen molar-refractivity contribution >= 4 is 23.2 Å². The molecule has 1 aromatic carbocycles. The Labute approximate surface area is 121 Å². The van der Waals surface area contributed by atoms with Crippen LogP contribution < -0.4 is 5.32 Å². The smallest absolute Gasteiger partial charge is 0.288 e. The van der Waals surface area contributed by atoms with Crippen LogP contribution in [0.25, 0.3) is 0 Å². The van der Waals surface area contributed by atoms with E-state index in [1.54, 1.807) is 0 Å². The highest BCUT2D eigenvalue weighted by Gasteiger charge is 2.31. The van der Waals surface area contributed by atoms with Crippen LogP contribution in [-0.2, 0) is 4.74 Å². The molecule has 0 bridgehead atoms. The summed E-state index contributed by atoms with van der Waals surface area (Å²) < 4.78 is 5.40. The molecule has 0 atom stereocenters. The molecule has 0 saturated heterocycles. The number of nitrogens with zero attached hydrogens (tertiary/aromatic N) is 1. The molecule has 0 radical (unpaired) electrons. The fourth-order valence-electron chi connectivity index (χ4n) is 2.12. The van der Waals surface area contributed by atoms with Crippen molar-refractivity contribution in [3.05, 3.63) is 38.9 Å². The molecule has 7 heteroatoms. The first-order valence-corrected chi connectivity index (χ1v) is 6.75. The van der Waals surface area contributed by atoms with Gasteiger partial charge in [-0.2, -0.15) is 0 Å². The standard InChI is InChI=1S/C13H15ClN2O4/c1-2-20-10-6-9(7-10)15-13(17)8-3-4-11(14)12(5-8)16(18)19/h3-5,9-10H,2,6-7H2,1H3,(H,15,17). The van der Waals surface area contributed by atoms with Crippen LogP contribution in [0, 0.1) is 10.1 Å². The second-order valence-electron chi connectivity index (χ2n) is 4.64. The summed E-state index contributed by atoms with van der Waals surface area (Å²) in [5.74, 6) is -0.329. The highest BCUT2D eigenvalue weighted by molar-refractivity contribution is 6.32. The largest absolute Gasteiger partial charge is 0.378 e. The summed E-state index contributed by atoms with van der Waals surface area (Å²) in [6.45, 7) is 2.59. The van der Waals surface area contributed by atoms with E-state index >= 15 is 0 Å². The Bertz CT molecular complexity index is 529. The average molecular weight is 299 g/mol. The molecule has 0 spiro atoms. The molecular weight excluding hydrogens is 284 g/mol. The fraction of sp³-hybridized carbons (Fsp3) is 0.462. The Kier molecular flexibility index (Phi) is 4.57. The quantitative estimate of drug-likeness (QED) is 0.669. The second-order valence-corrected chi connectivity index (χ2v) is 5.05. The third-order valence-electron chi connectivity index (χ3n) is 3.24. The van der Waals surface area contributed by atoms with Crippen LogP contribution in [-0.4, -0.2) is 29.6 Å².